The van der Waals surface area contributed by atoms with Crippen LogP contribution < -0.4 is 10.6 Å². The molecule has 0 aromatic heterocycles. The van der Waals surface area contributed by atoms with E-state index in [0.717, 1.165) is 16.7 Å². The Balaban J connectivity index is 1.51. The third kappa shape index (κ3) is 6.84. The summed E-state index contributed by atoms with van der Waals surface area (Å²) in [6.45, 7) is 4.15. The molecule has 8 nitrogen and oxygen atoms in total. The van der Waals surface area contributed by atoms with Gasteiger partial charge in [0.2, 0.25) is 5.91 Å². The molecule has 0 bridgehead atoms. The minimum absolute atomic E-state index is 0.0139. The minimum Gasteiger partial charge on any atom is -0.508 e. The van der Waals surface area contributed by atoms with Gasteiger partial charge in [-0.1, -0.05) is 67.6 Å². The van der Waals surface area contributed by atoms with Crippen molar-refractivity contribution in [3.8, 4) is 5.75 Å². The summed E-state index contributed by atoms with van der Waals surface area (Å²) in [7, 11) is 0. The van der Waals surface area contributed by atoms with E-state index in [1.165, 1.54) is 22.7 Å². The van der Waals surface area contributed by atoms with Crippen LogP contribution in [0.25, 0.3) is 0 Å². The summed E-state index contributed by atoms with van der Waals surface area (Å²) in [6, 6.07) is 20.0. The molecule has 210 valence electrons. The first kappa shape index (κ1) is 29.2. The van der Waals surface area contributed by atoms with Crippen molar-refractivity contribution in [2.24, 2.45) is 0 Å². The maximum atomic E-state index is 13.6. The standard InChI is InChI=1S/C31H35N3O5S/c1-3-23-24(14-9-15-27(23)35)29(37)33-25(16-21-11-5-4-6-12-21)28(36)31(39)34-19-40-18-26(34)30(38)32-17-22-13-8-7-10-20(22)2/h4-15,25-26,28,35-36H,3,16-19H2,1-2H3,(H,32,38)(H,33,37)/t25-,26-,28-/m0/s1. The SMILES string of the molecule is CCc1c(O)cccc1C(=O)N[C@@H](Cc1ccccc1)[C@H](O)C(=O)N1CSC[C@H]1C(=O)NCc1ccccc1C. The second-order valence-corrected chi connectivity index (χ2v) is 10.8. The fourth-order valence-electron chi connectivity index (χ4n) is 4.84. The number of carbonyl (C=O) groups is 3. The van der Waals surface area contributed by atoms with Crippen molar-refractivity contribution in [3.63, 3.8) is 0 Å². The number of benzene rings is 3. The molecule has 3 aromatic carbocycles. The summed E-state index contributed by atoms with van der Waals surface area (Å²) in [6.07, 6.45) is -0.952. The van der Waals surface area contributed by atoms with Crippen molar-refractivity contribution < 1.29 is 24.6 Å². The molecule has 1 saturated heterocycles. The van der Waals surface area contributed by atoms with Gasteiger partial charge in [0.25, 0.3) is 11.8 Å². The van der Waals surface area contributed by atoms with E-state index in [0.29, 0.717) is 24.3 Å². The number of aryl methyl sites for hydroxylation is 1. The van der Waals surface area contributed by atoms with Gasteiger partial charge in [-0.25, -0.2) is 0 Å². The van der Waals surface area contributed by atoms with Gasteiger partial charge in [0.15, 0.2) is 6.10 Å². The van der Waals surface area contributed by atoms with Crippen LogP contribution in [0.1, 0.15) is 39.5 Å². The lowest BCUT2D eigenvalue weighted by Crippen LogP contribution is -2.56. The number of phenolic OH excluding ortho intramolecular Hbond substituents is 1. The van der Waals surface area contributed by atoms with Gasteiger partial charge in [-0.3, -0.25) is 14.4 Å². The molecule has 1 heterocycles. The van der Waals surface area contributed by atoms with Crippen LogP contribution in [0.3, 0.4) is 0 Å². The zero-order valence-corrected chi connectivity index (χ0v) is 23.5. The quantitative estimate of drug-likeness (QED) is 0.302. The molecule has 3 atom stereocenters. The average Bonchev–Trinajstić information content (AvgIpc) is 3.46. The molecule has 0 aliphatic carbocycles. The Kier molecular flexibility index (Phi) is 9.84. The third-order valence-electron chi connectivity index (χ3n) is 7.18. The third-order valence-corrected chi connectivity index (χ3v) is 8.19. The Hall–Kier alpha value is -3.82. The van der Waals surface area contributed by atoms with Crippen molar-refractivity contribution in [1.29, 1.82) is 0 Å². The van der Waals surface area contributed by atoms with Crippen molar-refractivity contribution in [3.05, 3.63) is 101 Å². The van der Waals surface area contributed by atoms with E-state index < -0.39 is 30.0 Å². The Bertz CT molecular complexity index is 1350. The van der Waals surface area contributed by atoms with E-state index >= 15 is 0 Å². The van der Waals surface area contributed by atoms with Crippen molar-refractivity contribution in [2.45, 2.75) is 51.4 Å². The molecule has 9 heteroatoms. The highest BCUT2D eigenvalue weighted by Crippen LogP contribution is 2.25. The van der Waals surface area contributed by atoms with Crippen molar-refractivity contribution in [1.82, 2.24) is 15.5 Å². The average molecular weight is 562 g/mol. The number of thioether (sulfide) groups is 1. The molecule has 1 aliphatic rings. The molecule has 40 heavy (non-hydrogen) atoms. The number of hydrogen-bond acceptors (Lipinski definition) is 6. The number of phenols is 1. The largest absolute Gasteiger partial charge is 0.508 e. The second-order valence-electron chi connectivity index (χ2n) is 9.84. The van der Waals surface area contributed by atoms with Crippen LogP contribution in [0.4, 0.5) is 0 Å². The molecule has 0 unspecified atom stereocenters. The number of nitrogens with one attached hydrogen (secondary N) is 2. The molecule has 0 radical (unpaired) electrons. The van der Waals surface area contributed by atoms with Gasteiger partial charge in [-0.15, -0.1) is 11.8 Å². The number of aromatic hydroxyl groups is 1. The molecule has 0 spiro atoms. The van der Waals surface area contributed by atoms with E-state index in [2.05, 4.69) is 10.6 Å². The summed E-state index contributed by atoms with van der Waals surface area (Å²) >= 11 is 1.44. The van der Waals surface area contributed by atoms with Gasteiger partial charge >= 0.3 is 0 Å². The fraction of sp³-hybridized carbons (Fsp3) is 0.323. The summed E-state index contributed by atoms with van der Waals surface area (Å²) < 4.78 is 0. The normalized spacial score (nSPS) is 16.3. The molecule has 1 aliphatic heterocycles. The number of rotatable bonds is 10. The van der Waals surface area contributed by atoms with Crippen LogP contribution in [0.5, 0.6) is 5.75 Å². The summed E-state index contributed by atoms with van der Waals surface area (Å²) in [5.74, 6) is -0.712. The first-order valence-electron chi connectivity index (χ1n) is 13.3. The number of carbonyl (C=O) groups excluding carboxylic acids is 3. The predicted molar refractivity (Wildman–Crippen MR) is 156 cm³/mol. The summed E-state index contributed by atoms with van der Waals surface area (Å²) in [4.78, 5) is 41.4. The molecule has 3 aromatic rings. The number of nitrogens with zero attached hydrogens (tertiary/aromatic N) is 1. The first-order valence-corrected chi connectivity index (χ1v) is 14.5. The molecule has 4 rings (SSSR count). The van der Waals surface area contributed by atoms with Crippen LogP contribution in [0.2, 0.25) is 0 Å². The Morgan fingerprint density at radius 2 is 1.75 bits per heavy atom. The number of aliphatic hydroxyl groups is 1. The molecule has 4 N–H and O–H groups in total. The Morgan fingerprint density at radius 1 is 1.02 bits per heavy atom. The number of aliphatic hydroxyl groups excluding tert-OH is 1. The lowest BCUT2D eigenvalue weighted by molar-refractivity contribution is -0.146. The monoisotopic (exact) mass is 561 g/mol. The number of hydrogen-bond donors (Lipinski definition) is 4. The van der Waals surface area contributed by atoms with E-state index in [-0.39, 0.29) is 29.5 Å². The van der Waals surface area contributed by atoms with Crippen LogP contribution in [0, 0.1) is 6.92 Å². The van der Waals surface area contributed by atoms with Crippen LogP contribution in [0.15, 0.2) is 72.8 Å². The molecular formula is C31H35N3O5S. The van der Waals surface area contributed by atoms with E-state index in [4.69, 9.17) is 0 Å². The minimum atomic E-state index is -1.59. The van der Waals surface area contributed by atoms with E-state index in [1.54, 1.807) is 12.1 Å². The highest BCUT2D eigenvalue weighted by molar-refractivity contribution is 7.99. The van der Waals surface area contributed by atoms with E-state index in [9.17, 15) is 24.6 Å². The molecular weight excluding hydrogens is 526 g/mol. The molecule has 0 saturated carbocycles. The smallest absolute Gasteiger partial charge is 0.254 e. The van der Waals surface area contributed by atoms with Crippen LogP contribution >= 0.6 is 11.8 Å². The highest BCUT2D eigenvalue weighted by Gasteiger charge is 2.40. The topological polar surface area (TPSA) is 119 Å². The number of amides is 3. The molecule has 3 amide bonds. The highest BCUT2D eigenvalue weighted by atomic mass is 32.2. The first-order chi connectivity index (χ1) is 19.3. The molecule has 1 fully saturated rings. The zero-order valence-electron chi connectivity index (χ0n) is 22.7. The summed E-state index contributed by atoms with van der Waals surface area (Å²) in [5, 5.41) is 27.3. The summed E-state index contributed by atoms with van der Waals surface area (Å²) in [5.41, 5.74) is 3.65. The lowest BCUT2D eigenvalue weighted by Gasteiger charge is -2.30. The fourth-order valence-corrected chi connectivity index (χ4v) is 6.01. The maximum absolute atomic E-state index is 13.6. The zero-order chi connectivity index (χ0) is 28.6. The van der Waals surface area contributed by atoms with Crippen molar-refractivity contribution in [2.75, 3.05) is 11.6 Å². The van der Waals surface area contributed by atoms with Crippen LogP contribution in [-0.4, -0.2) is 62.7 Å². The maximum Gasteiger partial charge on any atom is 0.254 e. The van der Waals surface area contributed by atoms with Gasteiger partial charge in [0.05, 0.1) is 11.9 Å². The van der Waals surface area contributed by atoms with Gasteiger partial charge in [0.1, 0.15) is 11.8 Å². The Morgan fingerprint density at radius 3 is 2.48 bits per heavy atom. The predicted octanol–water partition coefficient (Wildman–Crippen LogP) is 3.18. The van der Waals surface area contributed by atoms with E-state index in [1.807, 2.05) is 68.4 Å². The van der Waals surface area contributed by atoms with Gasteiger partial charge in [-0.2, -0.15) is 0 Å². The Labute approximate surface area is 238 Å². The van der Waals surface area contributed by atoms with Gasteiger partial charge in [-0.05, 0) is 48.6 Å². The van der Waals surface area contributed by atoms with Gasteiger partial charge < -0.3 is 25.7 Å². The van der Waals surface area contributed by atoms with Crippen molar-refractivity contribution >= 4 is 29.5 Å². The van der Waals surface area contributed by atoms with Gasteiger partial charge in [0, 0.05) is 23.4 Å². The van der Waals surface area contributed by atoms with Crippen LogP contribution in [-0.2, 0) is 29.0 Å². The second kappa shape index (κ2) is 13.5. The lowest BCUT2D eigenvalue weighted by atomic mass is 9.98.